The van der Waals surface area contributed by atoms with Crippen LogP contribution in [0.25, 0.3) is 0 Å². The van der Waals surface area contributed by atoms with Crippen molar-refractivity contribution in [1.29, 1.82) is 0 Å². The van der Waals surface area contributed by atoms with Crippen LogP contribution in [0.2, 0.25) is 0 Å². The van der Waals surface area contributed by atoms with Gasteiger partial charge < -0.3 is 0 Å². The van der Waals surface area contributed by atoms with Crippen LogP contribution in [0.5, 0.6) is 0 Å². The summed E-state index contributed by atoms with van der Waals surface area (Å²) in [7, 11) is 0. The Balaban J connectivity index is 0.000000264. The summed E-state index contributed by atoms with van der Waals surface area (Å²) >= 11 is 0. The van der Waals surface area contributed by atoms with E-state index >= 15 is 0 Å². The summed E-state index contributed by atoms with van der Waals surface area (Å²) in [6.07, 6.45) is 3.63. The molecule has 0 aromatic heterocycles. The molecule has 5 atom stereocenters. The molecule has 1 heteroatoms. The van der Waals surface area contributed by atoms with E-state index in [1.165, 1.54) is 11.1 Å². The zero-order valence-corrected chi connectivity index (χ0v) is 25.2. The van der Waals surface area contributed by atoms with E-state index in [0.29, 0.717) is 11.8 Å². The molecule has 0 saturated heterocycles. The third-order valence-electron chi connectivity index (χ3n) is 7.64. The maximum Gasteiger partial charge on any atom is 4.00 e. The molecule has 0 spiro atoms. The minimum absolute atomic E-state index is 0. The van der Waals surface area contributed by atoms with Crippen LogP contribution in [0.15, 0.2) is 108 Å². The molecule has 37 heavy (non-hydrogen) atoms. The summed E-state index contributed by atoms with van der Waals surface area (Å²) in [5.74, 6) is 3.70. The van der Waals surface area contributed by atoms with Gasteiger partial charge in [0.2, 0.25) is 0 Å². The van der Waals surface area contributed by atoms with Crippen LogP contribution in [-0.4, -0.2) is 0 Å². The molecular weight excluding hydrogens is 480 g/mol. The topological polar surface area (TPSA) is 0 Å². The number of hydrogen-bond donors (Lipinski definition) is 0. The summed E-state index contributed by atoms with van der Waals surface area (Å²) in [6, 6.07) is 29.6. The van der Waals surface area contributed by atoms with Gasteiger partial charge in [0, 0.05) is 0 Å². The van der Waals surface area contributed by atoms with Gasteiger partial charge in [-0.1, -0.05) is 77.5 Å². The molecule has 0 heterocycles. The fourth-order valence-corrected chi connectivity index (χ4v) is 4.77. The average molecular weight is 525 g/mol. The summed E-state index contributed by atoms with van der Waals surface area (Å²) in [5.41, 5.74) is 7.89. The van der Waals surface area contributed by atoms with Crippen molar-refractivity contribution in [3.8, 4) is 0 Å². The van der Waals surface area contributed by atoms with E-state index in [1.54, 1.807) is 5.57 Å². The van der Waals surface area contributed by atoms with Gasteiger partial charge in [-0.2, -0.15) is 79.4 Å². The quantitative estimate of drug-likeness (QED) is 0.203. The molecule has 0 N–H and O–H groups in total. The molecule has 0 radical (unpaired) electrons. The molecular formula is C36H44Ti. The Hall–Kier alpha value is -2.54. The van der Waals surface area contributed by atoms with Crippen LogP contribution in [0.3, 0.4) is 0 Å². The van der Waals surface area contributed by atoms with Gasteiger partial charge in [-0.25, -0.2) is 17.2 Å². The normalized spacial score (nSPS) is 23.3. The van der Waals surface area contributed by atoms with Crippen LogP contribution in [0, 0.1) is 56.4 Å². The fraction of sp³-hybridized carbons (Fsp3) is 0.306. The molecule has 3 aromatic carbocycles. The Bertz CT molecular complexity index is 990. The summed E-state index contributed by atoms with van der Waals surface area (Å²) in [6.45, 7) is 25.3. The van der Waals surface area contributed by atoms with E-state index in [-0.39, 0.29) is 21.7 Å². The van der Waals surface area contributed by atoms with Crippen LogP contribution in [0.4, 0.5) is 0 Å². The first-order valence-electron chi connectivity index (χ1n) is 13.1. The summed E-state index contributed by atoms with van der Waals surface area (Å²) < 4.78 is 0. The van der Waals surface area contributed by atoms with E-state index in [4.69, 9.17) is 0 Å². The number of hydrogen-bond acceptors (Lipinski definition) is 0. The van der Waals surface area contributed by atoms with Gasteiger partial charge in [0.15, 0.2) is 0 Å². The van der Waals surface area contributed by atoms with Crippen molar-refractivity contribution in [3.63, 3.8) is 0 Å². The van der Waals surface area contributed by atoms with Gasteiger partial charge in [-0.3, -0.25) is 0 Å². The molecule has 5 unspecified atom stereocenters. The second kappa shape index (κ2) is 16.3. The van der Waals surface area contributed by atoms with Crippen LogP contribution in [-0.2, 0) is 21.7 Å². The van der Waals surface area contributed by atoms with Gasteiger partial charge in [-0.15, -0.1) is 36.4 Å². The molecule has 3 aromatic rings. The van der Waals surface area contributed by atoms with E-state index in [1.807, 2.05) is 91.0 Å². The first-order valence-corrected chi connectivity index (χ1v) is 13.1. The van der Waals surface area contributed by atoms with E-state index in [0.717, 1.165) is 34.4 Å². The van der Waals surface area contributed by atoms with Crippen molar-refractivity contribution in [2.45, 2.75) is 41.5 Å². The first kappa shape index (κ1) is 32.5. The van der Waals surface area contributed by atoms with Crippen molar-refractivity contribution in [2.75, 3.05) is 0 Å². The van der Waals surface area contributed by atoms with Crippen molar-refractivity contribution >= 4 is 0 Å². The molecule has 0 saturated carbocycles. The monoisotopic (exact) mass is 524 g/mol. The van der Waals surface area contributed by atoms with Gasteiger partial charge in [-0.05, 0) is 11.8 Å². The number of rotatable bonds is 0. The molecule has 0 fully saturated rings. The molecule has 5 rings (SSSR count). The molecule has 0 nitrogen and oxygen atoms in total. The van der Waals surface area contributed by atoms with Gasteiger partial charge in [0.25, 0.3) is 0 Å². The van der Waals surface area contributed by atoms with E-state index in [2.05, 4.69) is 68.4 Å². The van der Waals surface area contributed by atoms with Crippen molar-refractivity contribution in [2.24, 2.45) is 29.6 Å². The number of benzene rings is 3. The standard InChI is InChI=1S/C15H23.3C7H7.Ti/c1-8-7-14-12(5)10(3)11(4)13(6)15(14)9(8)2;3*1-7-5-3-2-4-6-7;/h9-13H,1-6H3;3*2-6H,1H2;/q4*-1;+4. The maximum atomic E-state index is 3.72. The molecule has 0 bridgehead atoms. The Labute approximate surface area is 243 Å². The fourth-order valence-electron chi connectivity index (χ4n) is 4.77. The summed E-state index contributed by atoms with van der Waals surface area (Å²) in [5, 5.41) is 0. The third kappa shape index (κ3) is 10.0. The average Bonchev–Trinajstić information content (AvgIpc) is 3.18. The van der Waals surface area contributed by atoms with Crippen molar-refractivity contribution < 1.29 is 21.7 Å². The Kier molecular flexibility index (Phi) is 14.3. The predicted molar refractivity (Wildman–Crippen MR) is 158 cm³/mol. The molecule has 0 aliphatic heterocycles. The zero-order chi connectivity index (χ0) is 26.7. The molecule has 2 aliphatic rings. The SMILES string of the molecule is CC1=[C-]C2=C(C1C)C(C)C(C)C(C)C2C.[CH2-]c1ccccc1.[CH2-]c1ccccc1.[CH2-]c1ccccc1.[Ti+4]. The van der Waals surface area contributed by atoms with E-state index in [9.17, 15) is 0 Å². The van der Waals surface area contributed by atoms with Gasteiger partial charge in [0.05, 0.1) is 0 Å². The Morgan fingerprint density at radius 1 is 0.541 bits per heavy atom. The predicted octanol–water partition coefficient (Wildman–Crippen LogP) is 9.84. The van der Waals surface area contributed by atoms with Crippen LogP contribution >= 0.6 is 0 Å². The Morgan fingerprint density at radius 2 is 0.865 bits per heavy atom. The van der Waals surface area contributed by atoms with Gasteiger partial charge >= 0.3 is 21.7 Å². The van der Waals surface area contributed by atoms with Crippen molar-refractivity contribution in [1.82, 2.24) is 0 Å². The summed E-state index contributed by atoms with van der Waals surface area (Å²) in [4.78, 5) is 0. The zero-order valence-electron chi connectivity index (χ0n) is 23.7. The van der Waals surface area contributed by atoms with Gasteiger partial charge in [0.1, 0.15) is 0 Å². The second-order valence-corrected chi connectivity index (χ2v) is 10.2. The minimum atomic E-state index is 0. The van der Waals surface area contributed by atoms with Crippen LogP contribution in [0.1, 0.15) is 58.2 Å². The molecule has 2 aliphatic carbocycles. The van der Waals surface area contributed by atoms with E-state index < -0.39 is 0 Å². The van der Waals surface area contributed by atoms with Crippen molar-refractivity contribution in [3.05, 3.63) is 151 Å². The molecule has 0 amide bonds. The minimum Gasteiger partial charge on any atom is -0.249 e. The Morgan fingerprint density at radius 3 is 1.16 bits per heavy atom. The number of allylic oxidation sites excluding steroid dienone is 4. The first-order chi connectivity index (χ1) is 17.1. The third-order valence-corrected chi connectivity index (χ3v) is 7.64. The molecule has 192 valence electrons. The smallest absolute Gasteiger partial charge is 0.249 e. The second-order valence-electron chi connectivity index (χ2n) is 10.2. The largest absolute Gasteiger partial charge is 4.00 e. The maximum absolute atomic E-state index is 3.72. The van der Waals surface area contributed by atoms with Crippen LogP contribution < -0.4 is 0 Å².